The second kappa shape index (κ2) is 53.2. The number of hydrogen-bond acceptors (Lipinski definition) is 6. The number of ether oxygens (including phenoxy) is 3. The van der Waals surface area contributed by atoms with Crippen LogP contribution in [0.3, 0.4) is 0 Å². The van der Waals surface area contributed by atoms with E-state index in [1.807, 2.05) is 0 Å². The first kappa shape index (κ1) is 61.6. The van der Waals surface area contributed by atoms with Crippen LogP contribution in [-0.2, 0) is 28.6 Å². The first-order valence-corrected chi connectivity index (χ1v) is 27.1. The summed E-state index contributed by atoms with van der Waals surface area (Å²) in [6, 6.07) is 0. The number of carbonyl (C=O) groups is 3. The molecule has 372 valence electrons. The number of carbonyl (C=O) groups excluding carboxylic acids is 3. The Kier molecular flexibility index (Phi) is 50.4. The van der Waals surface area contributed by atoms with Gasteiger partial charge < -0.3 is 14.2 Å². The summed E-state index contributed by atoms with van der Waals surface area (Å²) in [7, 11) is 0. The first-order valence-electron chi connectivity index (χ1n) is 27.1. The van der Waals surface area contributed by atoms with Crippen LogP contribution in [0, 0.1) is 0 Å². The van der Waals surface area contributed by atoms with E-state index in [9.17, 15) is 14.4 Å². The molecule has 0 saturated heterocycles. The van der Waals surface area contributed by atoms with Crippen molar-refractivity contribution in [3.8, 4) is 0 Å². The van der Waals surface area contributed by atoms with E-state index in [-0.39, 0.29) is 37.5 Å². The minimum atomic E-state index is -0.807. The Balaban J connectivity index is 4.50. The van der Waals surface area contributed by atoms with Crippen LogP contribution in [0.1, 0.15) is 252 Å². The van der Waals surface area contributed by atoms with Crippen molar-refractivity contribution in [2.75, 3.05) is 13.2 Å². The zero-order chi connectivity index (χ0) is 47.2. The molecule has 0 heterocycles. The van der Waals surface area contributed by atoms with E-state index in [2.05, 4.69) is 106 Å². The van der Waals surface area contributed by atoms with E-state index >= 15 is 0 Å². The van der Waals surface area contributed by atoms with E-state index in [1.54, 1.807) is 0 Å². The third kappa shape index (κ3) is 51.4. The van der Waals surface area contributed by atoms with E-state index in [0.29, 0.717) is 19.3 Å². The molecule has 0 spiro atoms. The third-order valence-electron chi connectivity index (χ3n) is 11.4. The molecule has 0 N–H and O–H groups in total. The summed E-state index contributed by atoms with van der Waals surface area (Å²) in [5.41, 5.74) is 0. The summed E-state index contributed by atoms with van der Waals surface area (Å²) in [5.74, 6) is -0.977. The molecule has 0 saturated carbocycles. The Morgan fingerprint density at radius 1 is 0.323 bits per heavy atom. The second-order valence-corrected chi connectivity index (χ2v) is 17.7. The average molecular weight is 905 g/mol. The molecule has 0 amide bonds. The zero-order valence-electron chi connectivity index (χ0n) is 42.5. The van der Waals surface area contributed by atoms with Gasteiger partial charge in [0.2, 0.25) is 0 Å². The predicted octanol–water partition coefficient (Wildman–Crippen LogP) is 18.0. The molecule has 0 bridgehead atoms. The van der Waals surface area contributed by atoms with Crippen molar-refractivity contribution < 1.29 is 28.6 Å². The summed E-state index contributed by atoms with van der Waals surface area (Å²) < 4.78 is 16.8. The fourth-order valence-electron chi connectivity index (χ4n) is 7.29. The molecule has 6 heteroatoms. The number of rotatable bonds is 48. The minimum Gasteiger partial charge on any atom is -0.462 e. The van der Waals surface area contributed by atoms with Crippen molar-refractivity contribution in [2.24, 2.45) is 0 Å². The Morgan fingerprint density at radius 3 is 1.02 bits per heavy atom. The molecule has 0 fully saturated rings. The highest BCUT2D eigenvalue weighted by molar-refractivity contribution is 5.71. The van der Waals surface area contributed by atoms with Gasteiger partial charge in [-0.15, -0.1) is 0 Å². The maximum absolute atomic E-state index is 12.8. The summed E-state index contributed by atoms with van der Waals surface area (Å²) in [6.07, 6.45) is 68.6. The highest BCUT2D eigenvalue weighted by atomic mass is 16.6. The van der Waals surface area contributed by atoms with Gasteiger partial charge in [0.25, 0.3) is 0 Å². The monoisotopic (exact) mass is 905 g/mol. The number of hydrogen-bond donors (Lipinski definition) is 0. The molecule has 0 aromatic carbocycles. The lowest BCUT2D eigenvalue weighted by Gasteiger charge is -2.18. The predicted molar refractivity (Wildman–Crippen MR) is 279 cm³/mol. The van der Waals surface area contributed by atoms with Gasteiger partial charge in [0.05, 0.1) is 0 Å². The van der Waals surface area contributed by atoms with E-state index < -0.39 is 6.10 Å². The molecule has 1 unspecified atom stereocenters. The first-order chi connectivity index (χ1) is 32.0. The summed E-state index contributed by atoms with van der Waals surface area (Å²) in [4.78, 5) is 38.0. The van der Waals surface area contributed by atoms with E-state index in [0.717, 1.165) is 96.3 Å². The quantitative estimate of drug-likeness (QED) is 0.0262. The molecular weight excluding hydrogens is 805 g/mol. The summed E-state index contributed by atoms with van der Waals surface area (Å²) in [5, 5.41) is 0. The van der Waals surface area contributed by atoms with Gasteiger partial charge in [-0.25, -0.2) is 0 Å². The van der Waals surface area contributed by atoms with Crippen molar-refractivity contribution >= 4 is 17.9 Å². The van der Waals surface area contributed by atoms with Gasteiger partial charge in [-0.1, -0.05) is 209 Å². The lowest BCUT2D eigenvalue weighted by atomic mass is 10.1. The van der Waals surface area contributed by atoms with Gasteiger partial charge in [-0.05, 0) is 109 Å². The van der Waals surface area contributed by atoms with Crippen LogP contribution in [0.25, 0.3) is 0 Å². The SMILES string of the molecule is CC/C=C\C/C=C\C/C=C\C/C=C\C/C=C\CCCC(=O)OCC(COC(=O)CCCCCCC/C=C\CCCCCCCC)OC(=O)CCCCCCC/C=C\CCCCCCCC. The standard InChI is InChI=1S/C59H100O6/c1-4-7-10-13-16-19-22-25-28-29-32-34-37-40-43-46-49-52-58(61)64-55-56(65-59(62)53-50-47-44-41-38-35-31-27-24-21-18-15-12-9-6-3)54-63-57(60)51-48-45-42-39-36-33-30-26-23-20-17-14-11-8-5-2/h7,10,16,19,25-28,30-32,34,40,43,56H,4-6,8-9,11-15,17-18,20-24,29,33,35-39,41-42,44-55H2,1-3H3/b10-7-,19-16-,28-25-,30-26-,31-27-,34-32-,43-40-. The van der Waals surface area contributed by atoms with Crippen molar-refractivity contribution in [3.63, 3.8) is 0 Å². The van der Waals surface area contributed by atoms with Gasteiger partial charge >= 0.3 is 17.9 Å². The minimum absolute atomic E-state index is 0.102. The smallest absolute Gasteiger partial charge is 0.306 e. The van der Waals surface area contributed by atoms with Crippen LogP contribution < -0.4 is 0 Å². The van der Waals surface area contributed by atoms with Crippen molar-refractivity contribution in [1.82, 2.24) is 0 Å². The molecule has 0 aliphatic carbocycles. The van der Waals surface area contributed by atoms with Gasteiger partial charge in [0, 0.05) is 19.3 Å². The number of allylic oxidation sites excluding steroid dienone is 14. The topological polar surface area (TPSA) is 78.9 Å². The molecule has 6 nitrogen and oxygen atoms in total. The maximum atomic E-state index is 12.8. The molecule has 0 aromatic rings. The van der Waals surface area contributed by atoms with Crippen LogP contribution in [0.15, 0.2) is 85.1 Å². The zero-order valence-corrected chi connectivity index (χ0v) is 42.5. The highest BCUT2D eigenvalue weighted by Gasteiger charge is 2.19. The fourth-order valence-corrected chi connectivity index (χ4v) is 7.29. The van der Waals surface area contributed by atoms with Gasteiger partial charge in [0.15, 0.2) is 6.10 Å². The Labute approximate surface area is 401 Å². The Morgan fingerprint density at radius 2 is 0.615 bits per heavy atom. The van der Waals surface area contributed by atoms with Crippen LogP contribution >= 0.6 is 0 Å². The number of esters is 3. The number of unbranched alkanes of at least 4 members (excludes halogenated alkanes) is 23. The van der Waals surface area contributed by atoms with Gasteiger partial charge in [-0.2, -0.15) is 0 Å². The molecule has 0 radical (unpaired) electrons. The normalized spacial score (nSPS) is 12.7. The molecule has 0 aliphatic rings. The van der Waals surface area contributed by atoms with Crippen LogP contribution in [0.2, 0.25) is 0 Å². The molecular formula is C59H100O6. The van der Waals surface area contributed by atoms with E-state index in [1.165, 1.54) is 109 Å². The van der Waals surface area contributed by atoms with Crippen LogP contribution in [0.4, 0.5) is 0 Å². The summed E-state index contributed by atoms with van der Waals surface area (Å²) >= 11 is 0. The third-order valence-corrected chi connectivity index (χ3v) is 11.4. The maximum Gasteiger partial charge on any atom is 0.306 e. The highest BCUT2D eigenvalue weighted by Crippen LogP contribution is 2.14. The summed E-state index contributed by atoms with van der Waals surface area (Å²) in [6.45, 7) is 6.45. The lowest BCUT2D eigenvalue weighted by Crippen LogP contribution is -2.30. The molecule has 1 atom stereocenters. The average Bonchev–Trinajstić information content (AvgIpc) is 3.30. The fraction of sp³-hybridized carbons (Fsp3) is 0.712. The van der Waals surface area contributed by atoms with Crippen molar-refractivity contribution in [1.29, 1.82) is 0 Å². The van der Waals surface area contributed by atoms with Gasteiger partial charge in [0.1, 0.15) is 13.2 Å². The Bertz CT molecular complexity index is 1270. The molecule has 0 rings (SSSR count). The second-order valence-electron chi connectivity index (χ2n) is 17.7. The van der Waals surface area contributed by atoms with Crippen LogP contribution in [0.5, 0.6) is 0 Å². The van der Waals surface area contributed by atoms with Crippen LogP contribution in [-0.4, -0.2) is 37.2 Å². The lowest BCUT2D eigenvalue weighted by molar-refractivity contribution is -0.167. The van der Waals surface area contributed by atoms with Crippen molar-refractivity contribution in [3.05, 3.63) is 85.1 Å². The molecule has 0 aliphatic heterocycles. The molecule has 65 heavy (non-hydrogen) atoms. The Hall–Kier alpha value is -3.41. The largest absolute Gasteiger partial charge is 0.462 e. The molecule has 0 aromatic heterocycles. The van der Waals surface area contributed by atoms with E-state index in [4.69, 9.17) is 14.2 Å². The van der Waals surface area contributed by atoms with Crippen molar-refractivity contribution in [2.45, 2.75) is 258 Å². The van der Waals surface area contributed by atoms with Gasteiger partial charge in [-0.3, -0.25) is 14.4 Å².